The molecule has 15 heteroatoms. The molecular formula is C48H76NO13P. The maximum Gasteiger partial charge on any atom is 0.472 e. The number of phosphoric acid groups is 1. The standard InChI is InChI=1S/C48H76NO13P/c1-3-5-7-8-9-10-11-12-13-14-15-16-17-18-19-20-21-22-27-31-46(53)59-36-40(37-60-63(57,58)61-38-43(49)48(55)56)62-47(54)32-28-24-23-26-30-41-42(45(52)35-44(41)51)34-33-39(50)29-25-6-4-2/h9-10,12-13,15-16,18-19,21-23,26,33-34,39-43,45,50,52H,3-8,11,14,17,20,24-25,27-32,35-38,49H2,1-2H3,(H,55,56)(H,57,58)/b10-9-,13-12-,16-15-,19-18-,22-21-,26-23-,34-33+/t39-,40+,41+,42+,43-,45+/m0/s1. The Morgan fingerprint density at radius 3 is 1.92 bits per heavy atom. The van der Waals surface area contributed by atoms with E-state index >= 15 is 0 Å². The zero-order valence-corrected chi connectivity index (χ0v) is 38.5. The van der Waals surface area contributed by atoms with Crippen molar-refractivity contribution in [3.8, 4) is 0 Å². The minimum Gasteiger partial charge on any atom is -0.480 e. The van der Waals surface area contributed by atoms with E-state index in [1.807, 2.05) is 30.4 Å². The molecule has 0 aromatic rings. The fraction of sp³-hybridized carbons (Fsp3) is 0.625. The normalized spacial score (nSPS) is 19.7. The highest BCUT2D eigenvalue weighted by atomic mass is 31.2. The zero-order valence-electron chi connectivity index (χ0n) is 37.6. The minimum atomic E-state index is -4.82. The number of carboxylic acid groups (broad SMARTS) is 1. The first-order chi connectivity index (χ1) is 30.3. The highest BCUT2D eigenvalue weighted by Gasteiger charge is 2.39. The molecule has 0 bridgehead atoms. The number of carbonyl (C=O) groups excluding carboxylic acids is 3. The van der Waals surface area contributed by atoms with Crippen LogP contribution in [0.3, 0.4) is 0 Å². The average molecular weight is 906 g/mol. The van der Waals surface area contributed by atoms with Gasteiger partial charge in [0.05, 0.1) is 25.4 Å². The van der Waals surface area contributed by atoms with E-state index in [-0.39, 0.29) is 25.0 Å². The Labute approximate surface area is 375 Å². The van der Waals surface area contributed by atoms with E-state index in [1.165, 1.54) is 19.3 Å². The maximum absolute atomic E-state index is 12.7. The molecule has 6 N–H and O–H groups in total. The van der Waals surface area contributed by atoms with Crippen LogP contribution in [0.2, 0.25) is 0 Å². The summed E-state index contributed by atoms with van der Waals surface area (Å²) in [5.41, 5.74) is 5.32. The van der Waals surface area contributed by atoms with Crippen molar-refractivity contribution in [3.63, 3.8) is 0 Å². The Balaban J connectivity index is 2.55. The summed E-state index contributed by atoms with van der Waals surface area (Å²) in [6.07, 6.45) is 38.9. The molecule has 0 heterocycles. The summed E-state index contributed by atoms with van der Waals surface area (Å²) < 4.78 is 32.6. The topological polar surface area (TPSA) is 229 Å². The van der Waals surface area contributed by atoms with Crippen molar-refractivity contribution in [2.75, 3.05) is 19.8 Å². The highest BCUT2D eigenvalue weighted by Crippen LogP contribution is 2.43. The number of hydrogen-bond donors (Lipinski definition) is 5. The molecule has 356 valence electrons. The van der Waals surface area contributed by atoms with Crippen LogP contribution in [0.4, 0.5) is 0 Å². The number of esters is 2. The van der Waals surface area contributed by atoms with Crippen LogP contribution in [-0.4, -0.2) is 88.1 Å². The number of carboxylic acids is 1. The van der Waals surface area contributed by atoms with Crippen molar-refractivity contribution in [2.24, 2.45) is 17.6 Å². The van der Waals surface area contributed by atoms with E-state index in [0.717, 1.165) is 44.9 Å². The molecule has 1 saturated carbocycles. The number of aliphatic hydroxyl groups is 2. The van der Waals surface area contributed by atoms with Crippen LogP contribution in [0.5, 0.6) is 0 Å². The largest absolute Gasteiger partial charge is 0.480 e. The van der Waals surface area contributed by atoms with Crippen LogP contribution in [-0.2, 0) is 42.3 Å². The Morgan fingerprint density at radius 1 is 0.746 bits per heavy atom. The van der Waals surface area contributed by atoms with Crippen LogP contribution in [0, 0.1) is 11.8 Å². The molecule has 0 aromatic carbocycles. The van der Waals surface area contributed by atoms with Crippen molar-refractivity contribution in [1.82, 2.24) is 0 Å². The van der Waals surface area contributed by atoms with Crippen molar-refractivity contribution < 1.29 is 62.5 Å². The average Bonchev–Trinajstić information content (AvgIpc) is 3.52. The van der Waals surface area contributed by atoms with Crippen molar-refractivity contribution >= 4 is 31.5 Å². The SMILES string of the molecule is CCCCC/C=C\C/C=C\C/C=C\C/C=C\C/C=C\CCC(=O)OC[C@H](COP(=O)(O)OC[C@H](N)C(=O)O)OC(=O)CCC/C=C\C[C@H]1C(=O)C[C@@H](O)[C@@H]1/C=C/[C@@H](O)CCCCC. The Hall–Kier alpha value is -3.75. The first kappa shape index (κ1) is 57.3. The molecule has 1 rings (SSSR count). The van der Waals surface area contributed by atoms with Crippen LogP contribution < -0.4 is 5.73 Å². The number of aliphatic carboxylic acids is 1. The number of aliphatic hydroxyl groups excluding tert-OH is 2. The fourth-order valence-electron chi connectivity index (χ4n) is 6.32. The fourth-order valence-corrected chi connectivity index (χ4v) is 7.10. The minimum absolute atomic E-state index is 0.0388. The van der Waals surface area contributed by atoms with E-state index in [4.69, 9.17) is 24.8 Å². The second-order valence-electron chi connectivity index (χ2n) is 15.6. The van der Waals surface area contributed by atoms with Crippen LogP contribution in [0.1, 0.15) is 136 Å². The quantitative estimate of drug-likeness (QED) is 0.0170. The molecule has 0 aliphatic heterocycles. The molecule has 1 aliphatic rings. The van der Waals surface area contributed by atoms with Crippen LogP contribution in [0.15, 0.2) is 85.1 Å². The van der Waals surface area contributed by atoms with Gasteiger partial charge in [0.25, 0.3) is 0 Å². The molecule has 1 fully saturated rings. The number of ether oxygens (including phenoxy) is 2. The van der Waals surface area contributed by atoms with E-state index in [1.54, 1.807) is 12.2 Å². The molecule has 0 radical (unpaired) electrons. The summed E-state index contributed by atoms with van der Waals surface area (Å²) in [5, 5.41) is 29.6. The molecule has 0 saturated heterocycles. The number of Topliss-reactive ketones (excluding diaryl/α,β-unsaturated/α-hetero) is 1. The number of unbranched alkanes of at least 4 members (excludes halogenated alkanes) is 6. The zero-order chi connectivity index (χ0) is 46.6. The third kappa shape index (κ3) is 30.9. The molecule has 0 spiro atoms. The van der Waals surface area contributed by atoms with E-state index < -0.39 is 81.7 Å². The molecule has 0 aromatic heterocycles. The summed E-state index contributed by atoms with van der Waals surface area (Å²) in [4.78, 5) is 58.8. The third-order valence-electron chi connectivity index (χ3n) is 10.00. The number of rotatable bonds is 37. The molecule has 0 amide bonds. The number of phosphoric ester groups is 1. The van der Waals surface area contributed by atoms with Crippen LogP contribution in [0.25, 0.3) is 0 Å². The first-order valence-corrected chi connectivity index (χ1v) is 24.2. The smallest absolute Gasteiger partial charge is 0.472 e. The predicted molar refractivity (Wildman–Crippen MR) is 245 cm³/mol. The molecule has 63 heavy (non-hydrogen) atoms. The Morgan fingerprint density at radius 2 is 1.30 bits per heavy atom. The number of ketones is 1. The van der Waals surface area contributed by atoms with Crippen molar-refractivity contribution in [2.45, 2.75) is 160 Å². The Bertz CT molecular complexity index is 1550. The van der Waals surface area contributed by atoms with E-state index in [9.17, 15) is 38.8 Å². The molecule has 1 aliphatic carbocycles. The number of allylic oxidation sites excluding steroid dienone is 12. The molecule has 14 nitrogen and oxygen atoms in total. The van der Waals surface area contributed by atoms with Gasteiger partial charge in [0.2, 0.25) is 0 Å². The molecular weight excluding hydrogens is 829 g/mol. The highest BCUT2D eigenvalue weighted by molar-refractivity contribution is 7.47. The lowest BCUT2D eigenvalue weighted by molar-refractivity contribution is -0.161. The van der Waals surface area contributed by atoms with Gasteiger partial charge in [-0.3, -0.25) is 28.2 Å². The second kappa shape index (κ2) is 36.6. The van der Waals surface area contributed by atoms with Gasteiger partial charge in [0, 0.05) is 31.1 Å². The monoisotopic (exact) mass is 906 g/mol. The van der Waals surface area contributed by atoms with E-state index in [2.05, 4.69) is 60.9 Å². The van der Waals surface area contributed by atoms with Crippen LogP contribution >= 0.6 is 7.82 Å². The van der Waals surface area contributed by atoms with Gasteiger partial charge in [0.1, 0.15) is 18.4 Å². The van der Waals surface area contributed by atoms with Crippen molar-refractivity contribution in [1.29, 1.82) is 0 Å². The lowest BCUT2D eigenvalue weighted by atomic mass is 9.90. The van der Waals surface area contributed by atoms with Gasteiger partial charge in [-0.25, -0.2) is 4.57 Å². The Kier molecular flexibility index (Phi) is 33.2. The van der Waals surface area contributed by atoms with Gasteiger partial charge in [-0.15, -0.1) is 0 Å². The van der Waals surface area contributed by atoms with Gasteiger partial charge < -0.3 is 35.4 Å². The molecule has 1 unspecified atom stereocenters. The summed E-state index contributed by atoms with van der Waals surface area (Å²) in [6, 6.07) is -1.58. The predicted octanol–water partition coefficient (Wildman–Crippen LogP) is 8.87. The maximum atomic E-state index is 12.7. The number of carbonyl (C=O) groups is 4. The van der Waals surface area contributed by atoms with Gasteiger partial charge >= 0.3 is 25.7 Å². The van der Waals surface area contributed by atoms with Gasteiger partial charge in [0.15, 0.2) is 6.10 Å². The number of nitrogens with two attached hydrogens (primary N) is 1. The number of hydrogen-bond acceptors (Lipinski definition) is 12. The van der Waals surface area contributed by atoms with Gasteiger partial charge in [-0.05, 0) is 70.6 Å². The summed E-state index contributed by atoms with van der Waals surface area (Å²) in [5.74, 6) is -3.58. The first-order valence-electron chi connectivity index (χ1n) is 22.7. The van der Waals surface area contributed by atoms with E-state index in [0.29, 0.717) is 38.5 Å². The van der Waals surface area contributed by atoms with Gasteiger partial charge in [-0.2, -0.15) is 0 Å². The summed E-state index contributed by atoms with van der Waals surface area (Å²) in [7, 11) is -4.82. The second-order valence-corrected chi connectivity index (χ2v) is 17.1. The van der Waals surface area contributed by atoms with Gasteiger partial charge in [-0.1, -0.05) is 131 Å². The van der Waals surface area contributed by atoms with Crippen molar-refractivity contribution in [3.05, 3.63) is 85.1 Å². The summed E-state index contributed by atoms with van der Waals surface area (Å²) in [6.45, 7) is 2.30. The lowest BCUT2D eigenvalue weighted by Gasteiger charge is -2.20. The third-order valence-corrected chi connectivity index (χ3v) is 10.9. The summed E-state index contributed by atoms with van der Waals surface area (Å²) >= 11 is 0. The lowest BCUT2D eigenvalue weighted by Crippen LogP contribution is -2.34. The molecule has 7 atom stereocenters.